The van der Waals surface area contributed by atoms with Crippen molar-refractivity contribution in [1.82, 2.24) is 0 Å². The molecular weight excluding hydrogens is 240 g/mol. The van der Waals surface area contributed by atoms with E-state index in [4.69, 9.17) is 4.74 Å². The number of methoxy groups -OCH3 is 1. The van der Waals surface area contributed by atoms with Crippen LogP contribution in [0.2, 0.25) is 0 Å². The van der Waals surface area contributed by atoms with Gasteiger partial charge in [0, 0.05) is 6.42 Å². The molecule has 0 aliphatic carbocycles. The summed E-state index contributed by atoms with van der Waals surface area (Å²) in [7, 11) is 1.41. The maximum absolute atomic E-state index is 10.9. The van der Waals surface area contributed by atoms with E-state index in [0.29, 0.717) is 13.0 Å². The van der Waals surface area contributed by atoms with Crippen molar-refractivity contribution in [3.8, 4) is 5.75 Å². The minimum absolute atomic E-state index is 0.163. The van der Waals surface area contributed by atoms with Crippen LogP contribution in [0.15, 0.2) is 36.4 Å². The van der Waals surface area contributed by atoms with Crippen LogP contribution in [-0.4, -0.2) is 19.7 Å². The van der Waals surface area contributed by atoms with Gasteiger partial charge in [0.15, 0.2) is 0 Å². The van der Waals surface area contributed by atoms with Gasteiger partial charge in [-0.2, -0.15) is 0 Å². The summed E-state index contributed by atoms with van der Waals surface area (Å²) in [5.74, 6) is 0.702. The summed E-state index contributed by atoms with van der Waals surface area (Å²) in [6, 6.07) is 8.05. The van der Waals surface area contributed by atoms with E-state index in [0.717, 1.165) is 30.6 Å². The molecule has 1 rings (SSSR count). The maximum Gasteiger partial charge on any atom is 0.305 e. The van der Waals surface area contributed by atoms with Crippen LogP contribution >= 0.6 is 0 Å². The molecule has 1 aromatic carbocycles. The summed E-state index contributed by atoms with van der Waals surface area (Å²) in [4.78, 5) is 10.9. The number of hydrogen-bond acceptors (Lipinski definition) is 3. The van der Waals surface area contributed by atoms with E-state index < -0.39 is 0 Å². The molecule has 1 aromatic rings. The molecule has 3 nitrogen and oxygen atoms in total. The number of carbonyl (C=O) groups excluding carboxylic acids is 1. The van der Waals surface area contributed by atoms with Gasteiger partial charge in [0.1, 0.15) is 5.75 Å². The highest BCUT2D eigenvalue weighted by Gasteiger charge is 2.00. The van der Waals surface area contributed by atoms with Crippen LogP contribution in [0.1, 0.15) is 31.7 Å². The molecule has 0 aliphatic heterocycles. The Hall–Kier alpha value is -1.77. The average Bonchev–Trinajstić information content (AvgIpc) is 2.39. The predicted octanol–water partition coefficient (Wildman–Crippen LogP) is 3.53. The Bertz CT molecular complexity index is 407. The third-order valence-corrected chi connectivity index (χ3v) is 2.70. The van der Waals surface area contributed by atoms with Crippen molar-refractivity contribution in [2.75, 3.05) is 13.7 Å². The van der Waals surface area contributed by atoms with Crippen LogP contribution in [0, 0.1) is 0 Å². The fourth-order valence-corrected chi connectivity index (χ4v) is 1.72. The molecule has 0 aliphatic rings. The number of ether oxygens (including phenoxy) is 2. The van der Waals surface area contributed by atoms with Gasteiger partial charge in [-0.3, -0.25) is 4.79 Å². The molecule has 3 heteroatoms. The third kappa shape index (κ3) is 6.65. The lowest BCUT2D eigenvalue weighted by atomic mass is 10.1. The second-order valence-electron chi connectivity index (χ2n) is 4.66. The monoisotopic (exact) mass is 262 g/mol. The van der Waals surface area contributed by atoms with E-state index in [1.54, 1.807) is 0 Å². The largest absolute Gasteiger partial charge is 0.494 e. The highest BCUT2D eigenvalue weighted by atomic mass is 16.5. The third-order valence-electron chi connectivity index (χ3n) is 2.70. The van der Waals surface area contributed by atoms with Gasteiger partial charge in [-0.15, -0.1) is 0 Å². The molecule has 0 radical (unpaired) electrons. The first-order chi connectivity index (χ1) is 9.11. The fourth-order valence-electron chi connectivity index (χ4n) is 1.72. The predicted molar refractivity (Wildman–Crippen MR) is 76.3 cm³/mol. The Morgan fingerprint density at radius 2 is 1.89 bits per heavy atom. The van der Waals surface area contributed by atoms with Crippen LogP contribution in [-0.2, 0) is 16.0 Å². The summed E-state index contributed by atoms with van der Waals surface area (Å²) in [5.41, 5.74) is 2.39. The van der Waals surface area contributed by atoms with E-state index in [1.807, 2.05) is 19.1 Å². The first kappa shape index (κ1) is 15.3. The summed E-state index contributed by atoms with van der Waals surface area (Å²) in [5, 5.41) is 0. The lowest BCUT2D eigenvalue weighted by Crippen LogP contribution is -2.02. The summed E-state index contributed by atoms with van der Waals surface area (Å²) >= 11 is 0. The second-order valence-corrected chi connectivity index (χ2v) is 4.66. The van der Waals surface area contributed by atoms with Crippen LogP contribution in [0.25, 0.3) is 0 Å². The number of hydrogen-bond donors (Lipinski definition) is 0. The molecular formula is C16H22O3. The van der Waals surface area contributed by atoms with Crippen LogP contribution in [0.4, 0.5) is 0 Å². The molecule has 0 saturated carbocycles. The number of carbonyl (C=O) groups is 1. The maximum atomic E-state index is 10.9. The van der Waals surface area contributed by atoms with Crippen molar-refractivity contribution in [2.24, 2.45) is 0 Å². The molecule has 0 fully saturated rings. The smallest absolute Gasteiger partial charge is 0.305 e. The molecule has 0 aromatic heterocycles. The van der Waals surface area contributed by atoms with Crippen molar-refractivity contribution in [2.45, 2.75) is 32.6 Å². The van der Waals surface area contributed by atoms with Gasteiger partial charge >= 0.3 is 5.97 Å². The number of rotatable bonds is 8. The molecule has 0 N–H and O–H groups in total. The zero-order chi connectivity index (χ0) is 14.1. The summed E-state index contributed by atoms with van der Waals surface area (Å²) in [6.45, 7) is 6.54. The normalized spacial score (nSPS) is 10.0. The quantitative estimate of drug-likeness (QED) is 0.408. The van der Waals surface area contributed by atoms with Gasteiger partial charge in [0.2, 0.25) is 0 Å². The molecule has 104 valence electrons. The summed E-state index contributed by atoms with van der Waals surface area (Å²) < 4.78 is 10.2. The Morgan fingerprint density at radius 3 is 2.47 bits per heavy atom. The standard InChI is InChI=1S/C16H22O3/c1-13(2)12-14-7-9-15(10-8-14)19-11-5-4-6-16(17)18-3/h7-10H,1,4-6,11-12H2,2-3H3. The number of unbranched alkanes of at least 4 members (excludes halogenated alkanes) is 1. The van der Waals surface area contributed by atoms with Crippen molar-refractivity contribution in [1.29, 1.82) is 0 Å². The van der Waals surface area contributed by atoms with Gasteiger partial charge in [0.05, 0.1) is 13.7 Å². The molecule has 0 spiro atoms. The van der Waals surface area contributed by atoms with E-state index in [2.05, 4.69) is 23.4 Å². The van der Waals surface area contributed by atoms with Gasteiger partial charge in [-0.05, 0) is 43.9 Å². The number of benzene rings is 1. The molecule has 0 atom stereocenters. The van der Waals surface area contributed by atoms with Crippen molar-refractivity contribution >= 4 is 5.97 Å². The number of esters is 1. The van der Waals surface area contributed by atoms with Crippen molar-refractivity contribution in [3.05, 3.63) is 42.0 Å². The highest BCUT2D eigenvalue weighted by molar-refractivity contribution is 5.68. The zero-order valence-corrected chi connectivity index (χ0v) is 11.8. The lowest BCUT2D eigenvalue weighted by Gasteiger charge is -2.07. The molecule has 19 heavy (non-hydrogen) atoms. The Morgan fingerprint density at radius 1 is 1.21 bits per heavy atom. The van der Waals surface area contributed by atoms with Gasteiger partial charge in [-0.1, -0.05) is 24.3 Å². The van der Waals surface area contributed by atoms with E-state index in [1.165, 1.54) is 12.7 Å². The SMILES string of the molecule is C=C(C)Cc1ccc(OCCCCC(=O)OC)cc1. The minimum atomic E-state index is -0.163. The first-order valence-corrected chi connectivity index (χ1v) is 6.54. The topological polar surface area (TPSA) is 35.5 Å². The van der Waals surface area contributed by atoms with Crippen molar-refractivity contribution < 1.29 is 14.3 Å². The van der Waals surface area contributed by atoms with Crippen LogP contribution < -0.4 is 4.74 Å². The summed E-state index contributed by atoms with van der Waals surface area (Å²) in [6.07, 6.45) is 3.00. The number of allylic oxidation sites excluding steroid dienone is 1. The van der Waals surface area contributed by atoms with E-state index in [9.17, 15) is 4.79 Å². The van der Waals surface area contributed by atoms with Crippen LogP contribution in [0.5, 0.6) is 5.75 Å². The van der Waals surface area contributed by atoms with Crippen LogP contribution in [0.3, 0.4) is 0 Å². The molecule has 0 unspecified atom stereocenters. The Labute approximate surface area is 115 Å². The fraction of sp³-hybridized carbons (Fsp3) is 0.438. The lowest BCUT2D eigenvalue weighted by molar-refractivity contribution is -0.140. The minimum Gasteiger partial charge on any atom is -0.494 e. The first-order valence-electron chi connectivity index (χ1n) is 6.54. The van der Waals surface area contributed by atoms with Gasteiger partial charge in [-0.25, -0.2) is 0 Å². The van der Waals surface area contributed by atoms with E-state index in [-0.39, 0.29) is 5.97 Å². The van der Waals surface area contributed by atoms with Gasteiger partial charge in [0.25, 0.3) is 0 Å². The molecule has 0 amide bonds. The molecule has 0 heterocycles. The second kappa shape index (κ2) is 8.35. The Balaban J connectivity index is 2.22. The highest BCUT2D eigenvalue weighted by Crippen LogP contribution is 2.14. The average molecular weight is 262 g/mol. The van der Waals surface area contributed by atoms with E-state index >= 15 is 0 Å². The zero-order valence-electron chi connectivity index (χ0n) is 11.8. The molecule has 0 saturated heterocycles. The van der Waals surface area contributed by atoms with Crippen molar-refractivity contribution in [3.63, 3.8) is 0 Å². The molecule has 0 bridgehead atoms. The Kier molecular flexibility index (Phi) is 6.72. The van der Waals surface area contributed by atoms with Gasteiger partial charge < -0.3 is 9.47 Å².